The van der Waals surface area contributed by atoms with Crippen LogP contribution in [0.2, 0.25) is 0 Å². The van der Waals surface area contributed by atoms with E-state index in [2.05, 4.69) is 6.92 Å². The summed E-state index contributed by atoms with van der Waals surface area (Å²) in [6, 6.07) is 0. The van der Waals surface area contributed by atoms with E-state index in [1.807, 2.05) is 33.6 Å². The van der Waals surface area contributed by atoms with Gasteiger partial charge < -0.3 is 0 Å². The Morgan fingerprint density at radius 3 is 2.14 bits per heavy atom. The molecule has 0 heterocycles. The average Bonchev–Trinajstić information content (AvgIpc) is 1.75. The molecule has 0 atom stereocenters. The van der Waals surface area contributed by atoms with Crippen LogP contribution in [0.5, 0.6) is 0 Å². The van der Waals surface area contributed by atoms with E-state index in [1.54, 1.807) is 0 Å². The molecule has 0 radical (unpaired) electrons. The molecule has 0 aliphatic carbocycles. The van der Waals surface area contributed by atoms with Gasteiger partial charge in [-0.05, 0) is 0 Å². The molecular formula is C3H7ClILiMg. The summed E-state index contributed by atoms with van der Waals surface area (Å²) in [6.45, 7) is 2.15. The zero-order valence-electron chi connectivity index (χ0n) is 4.88. The van der Waals surface area contributed by atoms with E-state index in [9.17, 15) is 0 Å². The van der Waals surface area contributed by atoms with E-state index in [0.29, 0.717) is 0 Å². The van der Waals surface area contributed by atoms with Crippen LogP contribution in [0, 0.1) is 0 Å². The molecule has 0 unspecified atom stereocenters. The molecule has 0 saturated carbocycles. The van der Waals surface area contributed by atoms with Crippen LogP contribution in [0.1, 0.15) is 13.3 Å². The van der Waals surface area contributed by atoms with Crippen molar-refractivity contribution >= 4 is 42.5 Å². The van der Waals surface area contributed by atoms with Crippen LogP contribution < -0.4 is 20.1 Å². The van der Waals surface area contributed by atoms with Crippen LogP contribution in [0.25, 0.3) is 0 Å². The standard InChI is InChI=1S/C3H7ClI.Li.Mg/c1-2-3-5-4;;/h2-3H2,1H3;;/q-1;;+1. The zero-order valence-corrected chi connectivity index (χ0v) is 9.20. The van der Waals surface area contributed by atoms with Gasteiger partial charge in [-0.2, -0.15) is 0 Å². The summed E-state index contributed by atoms with van der Waals surface area (Å²) in [5.74, 6) is 0. The van der Waals surface area contributed by atoms with Gasteiger partial charge in [0.25, 0.3) is 0 Å². The number of hydrogen-bond acceptors (Lipinski definition) is 0. The summed E-state index contributed by atoms with van der Waals surface area (Å²) in [7, 11) is 5.41. The Morgan fingerprint density at radius 1 is 1.71 bits per heavy atom. The minimum atomic E-state index is 0.0796. The SMILES string of the molecule is CCC[I-]Cl.[Li][Mg+]. The molecule has 0 aliphatic heterocycles. The van der Waals surface area contributed by atoms with Crippen molar-refractivity contribution in [2.45, 2.75) is 13.3 Å². The molecule has 0 fully saturated rings. The van der Waals surface area contributed by atoms with E-state index in [-0.39, 0.29) is 20.1 Å². The fourth-order valence-electron chi connectivity index (χ4n) is 0.0714. The molecular weight excluding hydrogens is 230 g/mol. The van der Waals surface area contributed by atoms with Gasteiger partial charge in [0.1, 0.15) is 0 Å². The molecule has 36 valence electrons. The van der Waals surface area contributed by atoms with E-state index in [1.165, 1.54) is 10.8 Å². The second kappa shape index (κ2) is 15.8. The fraction of sp³-hybridized carbons (Fsp3) is 1.00. The van der Waals surface area contributed by atoms with Crippen molar-refractivity contribution in [2.24, 2.45) is 0 Å². The first-order chi connectivity index (χ1) is 3.41. The summed E-state index contributed by atoms with van der Waals surface area (Å²) < 4.78 is 1.26. The zero-order chi connectivity index (χ0) is 6.12. The number of alkyl halides is 1. The Balaban J connectivity index is 0. The van der Waals surface area contributed by atoms with E-state index >= 15 is 0 Å². The molecule has 4 heteroatoms. The summed E-state index contributed by atoms with van der Waals surface area (Å²) in [6.07, 6.45) is 1.26. The van der Waals surface area contributed by atoms with Crippen molar-refractivity contribution in [2.75, 3.05) is 4.43 Å². The first-order valence-corrected chi connectivity index (χ1v) is 8.00. The van der Waals surface area contributed by atoms with Crippen molar-refractivity contribution < 1.29 is 20.1 Å². The first-order valence-electron chi connectivity index (χ1n) is 2.32. The summed E-state index contributed by atoms with van der Waals surface area (Å²) in [5.41, 5.74) is 0. The van der Waals surface area contributed by atoms with Crippen LogP contribution in [0.3, 0.4) is 0 Å². The Morgan fingerprint density at radius 2 is 2.14 bits per heavy atom. The number of rotatable bonds is 2. The van der Waals surface area contributed by atoms with Gasteiger partial charge in [0.15, 0.2) is 0 Å². The van der Waals surface area contributed by atoms with Crippen LogP contribution in [-0.2, 0) is 0 Å². The molecule has 7 heavy (non-hydrogen) atoms. The van der Waals surface area contributed by atoms with Gasteiger partial charge in [-0.25, -0.2) is 0 Å². The van der Waals surface area contributed by atoms with Gasteiger partial charge in [0, 0.05) is 0 Å². The second-order valence-electron chi connectivity index (χ2n) is 0.790. The molecule has 0 aromatic carbocycles. The van der Waals surface area contributed by atoms with E-state index in [4.69, 9.17) is 8.91 Å². The fourth-order valence-corrected chi connectivity index (χ4v) is 1.44. The monoisotopic (exact) mass is 236 g/mol. The van der Waals surface area contributed by atoms with Crippen molar-refractivity contribution in [1.29, 1.82) is 0 Å². The minimum absolute atomic E-state index is 0.0796. The molecule has 0 aliphatic rings. The third-order valence-electron chi connectivity index (χ3n) is 0.260. The van der Waals surface area contributed by atoms with E-state index in [0.717, 1.165) is 0 Å². The predicted molar refractivity (Wildman–Crippen MR) is 32.5 cm³/mol. The molecule has 0 N–H and O–H groups in total. The third kappa shape index (κ3) is 17.8. The Kier molecular flexibility index (Phi) is 27.3. The maximum absolute atomic E-state index is 5.41. The van der Waals surface area contributed by atoms with Gasteiger partial charge in [0.05, 0.1) is 0 Å². The van der Waals surface area contributed by atoms with Crippen LogP contribution in [-0.4, -0.2) is 38.0 Å². The number of halogens is 2. The van der Waals surface area contributed by atoms with Gasteiger partial charge in [0.2, 0.25) is 0 Å². The molecule has 0 nitrogen and oxygen atoms in total. The Labute approximate surface area is 79.1 Å². The van der Waals surface area contributed by atoms with Gasteiger partial charge >= 0.3 is 80.3 Å². The maximum atomic E-state index is 5.41. The predicted octanol–water partition coefficient (Wildman–Crippen LogP) is -2.12. The molecule has 0 aromatic heterocycles. The summed E-state index contributed by atoms with van der Waals surface area (Å²) in [4.78, 5) is 0. The van der Waals surface area contributed by atoms with Gasteiger partial charge in [-0.3, -0.25) is 0 Å². The Hall–Kier alpha value is 2.38. The van der Waals surface area contributed by atoms with Crippen molar-refractivity contribution in [1.82, 2.24) is 0 Å². The molecule has 0 amide bonds. The topological polar surface area (TPSA) is 0 Å². The first kappa shape index (κ1) is 12.1. The van der Waals surface area contributed by atoms with Crippen molar-refractivity contribution in [3.05, 3.63) is 0 Å². The third-order valence-corrected chi connectivity index (χ3v) is 2.71. The Bertz CT molecular complexity index is 22.4. The van der Waals surface area contributed by atoms with Crippen LogP contribution in [0.15, 0.2) is 0 Å². The summed E-state index contributed by atoms with van der Waals surface area (Å²) in [5, 5.41) is 0. The van der Waals surface area contributed by atoms with Crippen LogP contribution in [0.4, 0.5) is 0 Å². The molecule has 0 bridgehead atoms. The molecule has 0 saturated heterocycles. The molecule has 0 rings (SSSR count). The van der Waals surface area contributed by atoms with Crippen molar-refractivity contribution in [3.8, 4) is 0 Å². The average molecular weight is 237 g/mol. The normalized spacial score (nSPS) is 7.71. The van der Waals surface area contributed by atoms with Gasteiger partial charge in [-0.15, -0.1) is 0 Å². The second-order valence-corrected chi connectivity index (χ2v) is 3.80. The quantitative estimate of drug-likeness (QED) is 0.292. The molecule has 0 aromatic rings. The van der Waals surface area contributed by atoms with Crippen LogP contribution >= 0.6 is 8.91 Å². The van der Waals surface area contributed by atoms with Crippen molar-refractivity contribution in [3.63, 3.8) is 0 Å². The van der Waals surface area contributed by atoms with E-state index < -0.39 is 0 Å². The number of hydrogen-bond donors (Lipinski definition) is 0. The van der Waals surface area contributed by atoms with Gasteiger partial charge in [-0.1, -0.05) is 0 Å². The summed E-state index contributed by atoms with van der Waals surface area (Å²) >= 11 is 3.97. The molecule has 0 spiro atoms.